The van der Waals surface area contributed by atoms with Gasteiger partial charge in [-0.25, -0.2) is 19.8 Å². The molecule has 11 heteroatoms. The highest BCUT2D eigenvalue weighted by atomic mass is 35.5. The van der Waals surface area contributed by atoms with Gasteiger partial charge in [0.1, 0.15) is 11.7 Å². The monoisotopic (exact) mass is 564 g/mol. The Labute approximate surface area is 241 Å². The molecule has 1 fully saturated rings. The van der Waals surface area contributed by atoms with Gasteiger partial charge in [-0.1, -0.05) is 12.5 Å². The van der Waals surface area contributed by atoms with Gasteiger partial charge in [0.25, 0.3) is 0 Å². The van der Waals surface area contributed by atoms with Gasteiger partial charge in [0.05, 0.1) is 5.69 Å². The van der Waals surface area contributed by atoms with E-state index in [1.807, 2.05) is 25.1 Å². The normalized spacial score (nSPS) is 15.0. The average Bonchev–Trinajstić information content (AvgIpc) is 3.15. The maximum Gasteiger partial charge on any atom is 0.330 e. The number of aliphatic imine (C=N–C) groups is 1. The zero-order chi connectivity index (χ0) is 27.6. The Bertz CT molecular complexity index is 1300. The summed E-state index contributed by atoms with van der Waals surface area (Å²) < 4.78 is 0. The molecule has 0 radical (unpaired) electrons. The van der Waals surface area contributed by atoms with Crippen LogP contribution in [0.1, 0.15) is 54.8 Å². The van der Waals surface area contributed by atoms with Crippen molar-refractivity contribution in [2.24, 2.45) is 10.7 Å². The fraction of sp³-hybridized carbons (Fsp3) is 0.345. The largest absolute Gasteiger partial charge is 0.479 e. The summed E-state index contributed by atoms with van der Waals surface area (Å²) in [6.45, 7) is 4.54. The molecule has 40 heavy (non-hydrogen) atoms. The molecule has 0 saturated carbocycles. The van der Waals surface area contributed by atoms with Crippen LogP contribution in [0.2, 0.25) is 0 Å². The topological polar surface area (TPSA) is 153 Å². The number of aryl methyl sites for hydroxylation is 1. The number of aromatic nitrogens is 2. The van der Waals surface area contributed by atoms with E-state index in [0.717, 1.165) is 68.8 Å². The molecule has 4 rings (SSSR count). The van der Waals surface area contributed by atoms with Crippen molar-refractivity contribution in [3.05, 3.63) is 77.6 Å². The maximum atomic E-state index is 12.3. The second-order valence-electron chi connectivity index (χ2n) is 9.69. The van der Waals surface area contributed by atoms with Gasteiger partial charge in [-0.3, -0.25) is 5.41 Å². The molecular formula is C29H37ClN8O2. The number of nitrogens with two attached hydrogens (primary N) is 1. The number of likely N-dealkylation sites (tertiary alicyclic amines) is 1. The molecule has 6 N–H and O–H groups in total. The van der Waals surface area contributed by atoms with Crippen molar-refractivity contribution in [1.29, 1.82) is 5.41 Å². The highest BCUT2D eigenvalue weighted by molar-refractivity contribution is 5.95. The number of anilines is 2. The van der Waals surface area contributed by atoms with Crippen LogP contribution in [-0.4, -0.2) is 57.2 Å². The van der Waals surface area contributed by atoms with E-state index in [2.05, 4.69) is 25.5 Å². The zero-order valence-corrected chi connectivity index (χ0v) is 23.5. The Morgan fingerprint density at radius 1 is 1.15 bits per heavy atom. The number of carboxylic acid groups (broad SMARTS) is 1. The van der Waals surface area contributed by atoms with Gasteiger partial charge in [-0.05, 0) is 79.8 Å². The lowest BCUT2D eigenvalue weighted by molar-refractivity contribution is -0.138. The Kier molecular flexibility index (Phi) is 11.3. The van der Waals surface area contributed by atoms with Gasteiger partial charge in [0.15, 0.2) is 6.04 Å². The van der Waals surface area contributed by atoms with Crippen LogP contribution in [0.15, 0.2) is 65.9 Å². The molecule has 1 unspecified atom stereocenters. The van der Waals surface area contributed by atoms with Crippen LogP contribution < -0.4 is 16.4 Å². The van der Waals surface area contributed by atoms with Crippen LogP contribution in [-0.2, 0) is 4.79 Å². The molecule has 0 amide bonds. The minimum Gasteiger partial charge on any atom is -0.479 e. The minimum atomic E-state index is -0.985. The summed E-state index contributed by atoms with van der Waals surface area (Å²) in [6, 6.07) is 13.4. The van der Waals surface area contributed by atoms with Crippen LogP contribution >= 0.6 is 12.4 Å². The van der Waals surface area contributed by atoms with E-state index in [0.29, 0.717) is 22.8 Å². The second kappa shape index (κ2) is 14.8. The molecule has 2 aromatic carbocycles. The van der Waals surface area contributed by atoms with Crippen molar-refractivity contribution < 1.29 is 9.90 Å². The predicted molar refractivity (Wildman–Crippen MR) is 162 cm³/mol. The van der Waals surface area contributed by atoms with Crippen LogP contribution in [0.4, 0.5) is 17.3 Å². The van der Waals surface area contributed by atoms with E-state index in [9.17, 15) is 9.90 Å². The molecule has 10 nitrogen and oxygen atoms in total. The van der Waals surface area contributed by atoms with Gasteiger partial charge in [-0.2, -0.15) is 0 Å². The Hall–Kier alpha value is -4.18. The molecule has 0 aliphatic carbocycles. The smallest absolute Gasteiger partial charge is 0.330 e. The Morgan fingerprint density at radius 2 is 1.90 bits per heavy atom. The first-order chi connectivity index (χ1) is 18.9. The summed E-state index contributed by atoms with van der Waals surface area (Å²) in [6.07, 6.45) is 8.63. The SMILES string of the molecule is Cc1cc(/N=C2\CCCCCN2CCCNc2ncccn2)cc(C(Nc2ccc(C(=N)N)cc2)C(=O)O)c1.Cl. The number of aliphatic carboxylic acids is 1. The van der Waals surface area contributed by atoms with E-state index in [4.69, 9.17) is 16.1 Å². The van der Waals surface area contributed by atoms with Crippen molar-refractivity contribution in [1.82, 2.24) is 14.9 Å². The predicted octanol–water partition coefficient (Wildman–Crippen LogP) is 5.14. The van der Waals surface area contributed by atoms with E-state index in [1.165, 1.54) is 0 Å². The molecule has 0 bridgehead atoms. The summed E-state index contributed by atoms with van der Waals surface area (Å²) in [7, 11) is 0. The number of carbonyl (C=O) groups is 1. The lowest BCUT2D eigenvalue weighted by atomic mass is 10.0. The number of amidine groups is 2. The lowest BCUT2D eigenvalue weighted by Gasteiger charge is -2.24. The summed E-state index contributed by atoms with van der Waals surface area (Å²) in [4.78, 5) is 28.1. The van der Waals surface area contributed by atoms with Crippen molar-refractivity contribution in [3.63, 3.8) is 0 Å². The fourth-order valence-electron chi connectivity index (χ4n) is 4.65. The maximum absolute atomic E-state index is 12.3. The second-order valence-corrected chi connectivity index (χ2v) is 9.69. The van der Waals surface area contributed by atoms with Crippen molar-refractivity contribution in [3.8, 4) is 0 Å². The molecule has 3 aromatic rings. The van der Waals surface area contributed by atoms with Crippen molar-refractivity contribution in [2.45, 2.75) is 45.1 Å². The summed E-state index contributed by atoms with van der Waals surface area (Å²) in [5.74, 6) is 0.652. The van der Waals surface area contributed by atoms with Crippen LogP contribution in [0.5, 0.6) is 0 Å². The molecule has 212 valence electrons. The third kappa shape index (κ3) is 8.67. The number of carboxylic acids is 1. The Balaban J connectivity index is 0.00000441. The number of benzene rings is 2. The highest BCUT2D eigenvalue weighted by Crippen LogP contribution is 2.27. The van der Waals surface area contributed by atoms with E-state index in [1.54, 1.807) is 42.7 Å². The molecule has 1 aliphatic heterocycles. The first kappa shape index (κ1) is 30.4. The quantitative estimate of drug-likeness (QED) is 0.122. The number of nitrogens with one attached hydrogen (secondary N) is 3. The van der Waals surface area contributed by atoms with Crippen LogP contribution in [0.25, 0.3) is 0 Å². The number of hydrogen-bond donors (Lipinski definition) is 5. The molecule has 0 spiro atoms. The van der Waals surface area contributed by atoms with Gasteiger partial charge >= 0.3 is 5.97 Å². The number of nitrogen functional groups attached to an aromatic ring is 1. The van der Waals surface area contributed by atoms with Gasteiger partial charge in [-0.15, -0.1) is 12.4 Å². The van der Waals surface area contributed by atoms with E-state index in [-0.39, 0.29) is 18.2 Å². The van der Waals surface area contributed by atoms with Crippen LogP contribution in [0, 0.1) is 12.3 Å². The number of rotatable bonds is 11. The van der Waals surface area contributed by atoms with E-state index < -0.39 is 12.0 Å². The number of hydrogen-bond acceptors (Lipinski definition) is 7. The first-order valence-electron chi connectivity index (χ1n) is 13.3. The molecular weight excluding hydrogens is 528 g/mol. The Morgan fingerprint density at radius 3 is 2.60 bits per heavy atom. The van der Waals surface area contributed by atoms with Gasteiger partial charge in [0.2, 0.25) is 5.95 Å². The van der Waals surface area contributed by atoms with Crippen molar-refractivity contribution in [2.75, 3.05) is 30.3 Å². The molecule has 1 aromatic heterocycles. The zero-order valence-electron chi connectivity index (χ0n) is 22.6. The fourth-order valence-corrected chi connectivity index (χ4v) is 4.65. The highest BCUT2D eigenvalue weighted by Gasteiger charge is 2.21. The molecule has 1 aliphatic rings. The summed E-state index contributed by atoms with van der Waals surface area (Å²) in [5.41, 5.74) is 9.07. The minimum absolute atomic E-state index is 0. The van der Waals surface area contributed by atoms with Gasteiger partial charge < -0.3 is 26.4 Å². The molecule has 1 saturated heterocycles. The van der Waals surface area contributed by atoms with Crippen LogP contribution in [0.3, 0.4) is 0 Å². The standard InChI is InChI=1S/C29H36N8O2.ClH/c1-20-17-22(26(28(38)39)36-23-10-8-21(9-11-23)27(30)31)19-24(18-20)35-25-7-3-2-4-15-37(25)16-6-14-34-29-32-12-5-13-33-29;/h5,8-13,17-19,26,36H,2-4,6-7,14-16H2,1H3,(H3,30,31)(H,38,39)(H,32,33,34);1H/b35-25+;. The van der Waals surface area contributed by atoms with Crippen molar-refractivity contribution >= 4 is 47.4 Å². The third-order valence-corrected chi connectivity index (χ3v) is 6.58. The summed E-state index contributed by atoms with van der Waals surface area (Å²) in [5, 5.41) is 24.0. The average molecular weight is 565 g/mol. The molecule has 2 heterocycles. The molecule has 1 atom stereocenters. The third-order valence-electron chi connectivity index (χ3n) is 6.58. The number of nitrogens with zero attached hydrogens (tertiary/aromatic N) is 4. The first-order valence-corrected chi connectivity index (χ1v) is 13.3. The van der Waals surface area contributed by atoms with E-state index >= 15 is 0 Å². The van der Waals surface area contributed by atoms with Gasteiger partial charge in [0, 0.05) is 49.7 Å². The summed E-state index contributed by atoms with van der Waals surface area (Å²) >= 11 is 0. The number of halogens is 1. The lowest BCUT2D eigenvalue weighted by Crippen LogP contribution is -2.32.